The predicted molar refractivity (Wildman–Crippen MR) is 534 cm³/mol. The van der Waals surface area contributed by atoms with Gasteiger partial charge in [0.1, 0.15) is 12.3 Å². The molecule has 15 heterocycles. The van der Waals surface area contributed by atoms with Crippen LogP contribution < -0.4 is 62.5 Å². The molecule has 3 atom stereocenters. The summed E-state index contributed by atoms with van der Waals surface area (Å²) in [4.78, 5) is 85.9. The number of nitrogens with zero attached hydrogens (tertiary/aromatic N) is 18. The zero-order valence-corrected chi connectivity index (χ0v) is 77.4. The van der Waals surface area contributed by atoms with Gasteiger partial charge >= 0.3 is 0 Å². The van der Waals surface area contributed by atoms with Gasteiger partial charge in [-0.15, -0.1) is 34.9 Å². The summed E-state index contributed by atoms with van der Waals surface area (Å²) in [6, 6.07) is 106. The van der Waals surface area contributed by atoms with Gasteiger partial charge in [0.2, 0.25) is 0 Å². The summed E-state index contributed by atoms with van der Waals surface area (Å²) in [5, 5.41) is 19.6. The van der Waals surface area contributed by atoms with Crippen molar-refractivity contribution in [3.05, 3.63) is 432 Å². The molecule has 0 amide bonds. The van der Waals surface area contributed by atoms with Gasteiger partial charge in [-0.05, 0) is 178 Å². The average Bonchev–Trinajstić information content (AvgIpc) is 1.61. The van der Waals surface area contributed by atoms with Gasteiger partial charge in [0.15, 0.2) is 0 Å². The summed E-state index contributed by atoms with van der Waals surface area (Å²) in [7, 11) is 0. The number of aryl methyl sites for hydroxylation is 2. The van der Waals surface area contributed by atoms with Crippen molar-refractivity contribution in [1.29, 1.82) is 0 Å². The number of amidine groups is 5. The number of hydrogen-bond donors (Lipinski definition) is 2. The fraction of sp³-hybridized carbons (Fsp3) is 0.0439. The third-order valence-corrected chi connectivity index (χ3v) is 25.2. The maximum atomic E-state index is 5.75. The van der Waals surface area contributed by atoms with Crippen LogP contribution in [-0.2, 0) is 0 Å². The van der Waals surface area contributed by atoms with Crippen LogP contribution in [0.3, 0.4) is 0 Å². The van der Waals surface area contributed by atoms with Gasteiger partial charge in [-0.3, -0.25) is 9.98 Å². The van der Waals surface area contributed by atoms with Crippen molar-refractivity contribution in [2.75, 3.05) is 10.6 Å². The van der Waals surface area contributed by atoms with E-state index >= 15 is 0 Å². The van der Waals surface area contributed by atoms with Gasteiger partial charge in [0.05, 0.1) is 46.1 Å². The Morgan fingerprint density at radius 2 is 0.610 bits per heavy atom. The number of rotatable bonds is 4. The minimum absolute atomic E-state index is 0. The van der Waals surface area contributed by atoms with Crippen molar-refractivity contribution in [1.82, 2.24) is 39.9 Å². The van der Waals surface area contributed by atoms with E-state index in [1.807, 2.05) is 224 Å². The molecule has 0 spiro atoms. The van der Waals surface area contributed by atoms with Crippen molar-refractivity contribution in [3.8, 4) is 69.2 Å². The molecule has 0 saturated heterocycles. The van der Waals surface area contributed by atoms with Gasteiger partial charge in [-0.1, -0.05) is 320 Å². The quantitative estimate of drug-likeness (QED) is 0.157. The topological polar surface area (TPSA) is 260 Å². The van der Waals surface area contributed by atoms with Crippen molar-refractivity contribution in [2.45, 2.75) is 32.3 Å². The Morgan fingerprint density at radius 3 is 1.03 bits per heavy atom. The molecule has 19 aromatic rings. The Balaban J connectivity index is 0.000000116. The largest absolute Gasteiger partial charge is 0.657 e. The SMILES string of the molecule is C#Cc1ccc(-c2c3nc(c(-c4ccc(C)cc4)c4ccc([n-]4)c(-c4ccc(C#C)cc4)c4nc(c(-c5ccc(C)cc5)c5ccc2[n-]5)C=C4)C=C3)cc1.[Eu].[Eu].c1ccc2c(c1)C1=N/C2=N\c2[n-]c(c3ccccc23)NC2N=C(N=c3[n-]c(c4ccccc34)=N1)c1ccccc12.c1ccc2c(c1)C1=NC2Nc2[n-]c(c3ccccc23)/N=C2\[N-][C@@H](/N=c3\[n-]c(c4ccccc34)=N1)c1ccccc12. The first-order valence-corrected chi connectivity index (χ1v) is 44.0. The zero-order chi connectivity index (χ0) is 89.2. The van der Waals surface area contributed by atoms with Gasteiger partial charge in [0, 0.05) is 178 Å². The monoisotopic (exact) mass is 2020 g/mol. The summed E-state index contributed by atoms with van der Waals surface area (Å²) >= 11 is 0. The van der Waals surface area contributed by atoms with E-state index < -0.39 is 6.17 Å². The van der Waals surface area contributed by atoms with Crippen molar-refractivity contribution >= 4 is 142 Å². The summed E-state index contributed by atoms with van der Waals surface area (Å²) in [5.74, 6) is 11.1. The van der Waals surface area contributed by atoms with Crippen LogP contribution in [0.15, 0.2) is 360 Å². The van der Waals surface area contributed by atoms with Crippen LogP contribution in [0.25, 0.3) is 139 Å². The molecule has 8 aliphatic heterocycles. The van der Waals surface area contributed by atoms with Gasteiger partial charge in [-0.2, -0.15) is 0 Å². The molecule has 0 aliphatic carbocycles. The molecule has 27 rings (SSSR count). The van der Waals surface area contributed by atoms with E-state index in [1.54, 1.807) is 0 Å². The Labute approximate surface area is 860 Å². The number of terminal acetylenes is 2. The maximum Gasteiger partial charge on any atom is 0.103 e. The number of hydrogen-bond acceptors (Lipinski definition) is 13. The molecule has 136 heavy (non-hydrogen) atoms. The number of fused-ring (bicyclic) bond motifs is 45. The number of nitrogens with one attached hydrogen (secondary N) is 2. The van der Waals surface area contributed by atoms with Crippen LogP contribution in [-0.4, -0.2) is 39.1 Å². The van der Waals surface area contributed by atoms with E-state index in [1.165, 1.54) is 11.1 Å². The smallest absolute Gasteiger partial charge is 0.103 e. The van der Waals surface area contributed by atoms with E-state index in [4.69, 9.17) is 103 Å². The summed E-state index contributed by atoms with van der Waals surface area (Å²) in [6.45, 7) is 4.18. The van der Waals surface area contributed by atoms with Crippen molar-refractivity contribution in [3.63, 3.8) is 0 Å². The number of benzene rings is 12. The summed E-state index contributed by atoms with van der Waals surface area (Å²) in [5.41, 5.74) is 28.2. The van der Waals surface area contributed by atoms with Crippen molar-refractivity contribution < 1.29 is 98.8 Å². The second-order valence-electron chi connectivity index (χ2n) is 33.4. The Hall–Kier alpha value is -15.4. The first-order chi connectivity index (χ1) is 66.0. The molecule has 24 bridgehead atoms. The zero-order valence-electron chi connectivity index (χ0n) is 72.5. The minimum Gasteiger partial charge on any atom is -0.657 e. The van der Waals surface area contributed by atoms with Crippen LogP contribution in [0.4, 0.5) is 23.3 Å². The average molecular weight is 2020 g/mol. The fourth-order valence-electron chi connectivity index (χ4n) is 18.6. The maximum absolute atomic E-state index is 5.75. The molecule has 646 valence electrons. The van der Waals surface area contributed by atoms with Gasteiger partial charge in [-0.25, -0.2) is 15.0 Å². The van der Waals surface area contributed by atoms with E-state index in [0.29, 0.717) is 68.6 Å². The van der Waals surface area contributed by atoms with Crippen LogP contribution in [0, 0.1) is 137 Å². The molecule has 0 fully saturated rings. The molecular formula is C114H69Eu2N20-7. The van der Waals surface area contributed by atoms with E-state index in [9.17, 15) is 0 Å². The van der Waals surface area contributed by atoms with E-state index in [2.05, 4.69) is 152 Å². The molecule has 2 radical (unpaired) electrons. The fourth-order valence-corrected chi connectivity index (χ4v) is 18.6. The second-order valence-corrected chi connectivity index (χ2v) is 33.4. The van der Waals surface area contributed by atoms with Crippen LogP contribution >= 0.6 is 0 Å². The van der Waals surface area contributed by atoms with Crippen molar-refractivity contribution in [2.24, 2.45) is 44.9 Å². The third kappa shape index (κ3) is 15.2. The number of anilines is 2. The Kier molecular flexibility index (Phi) is 22.0. The molecule has 12 aromatic carbocycles. The minimum atomic E-state index is -0.471. The molecule has 8 aliphatic rings. The summed E-state index contributed by atoms with van der Waals surface area (Å²) < 4.78 is 0. The first-order valence-electron chi connectivity index (χ1n) is 44.0. The molecule has 0 saturated carbocycles. The molecular weight excluding hydrogens is 1950 g/mol. The predicted octanol–water partition coefficient (Wildman–Crippen LogP) is 20.9. The molecule has 22 heteroatoms. The van der Waals surface area contributed by atoms with E-state index in [0.717, 1.165) is 194 Å². The Morgan fingerprint density at radius 1 is 0.279 bits per heavy atom. The molecule has 20 nitrogen and oxygen atoms in total. The molecule has 2 N–H and O–H groups in total. The molecule has 7 aromatic heterocycles. The first kappa shape index (κ1) is 84.9. The Bertz CT molecular complexity index is 8840. The standard InChI is InChI=1S/C50H32N4.C32H19N8.C32H18N8.2Eu/c1-5-33-11-19-37(20-12-33)49-43-27-23-39(51-43)47(35-15-7-31(3)8-16-35)41-25-29-45(53-41)50(38-21-13-34(6-2)14-22-38)46-30-26-42(54-46)48(40-24-28-44(49)52-40)36-17-9-32(4)10-18-36;2*1-2-10-18-17(9-1)25-33-26(18)38-28-21-13-5-6-14-22(21)30(35-28)40-32-24-16-8-7-15-23(24)31(36-32)39-29-20-12-4-3-11-19(20)27(34-29)37-25;;/h1-2,7-30H,3-4H3;1-16,25,32,37H;1-16,25,37H;;/q-2;-3;-2;;/t;25?,32-;;;/m.0.../s1. The van der Waals surface area contributed by atoms with E-state index in [-0.39, 0.29) is 111 Å². The van der Waals surface area contributed by atoms with Crippen LogP contribution in [0.2, 0.25) is 0 Å². The normalized spacial score (nSPS) is 16.1. The van der Waals surface area contributed by atoms with Gasteiger partial charge < -0.3 is 75.8 Å². The third-order valence-electron chi connectivity index (χ3n) is 25.2. The number of aliphatic imine (C=N–C) groups is 5. The number of aromatic nitrogens is 8. The van der Waals surface area contributed by atoms with Crippen LogP contribution in [0.5, 0.6) is 0 Å². The summed E-state index contributed by atoms with van der Waals surface area (Å²) in [6.07, 6.45) is 18.6. The van der Waals surface area contributed by atoms with Gasteiger partial charge in [0.25, 0.3) is 0 Å². The molecule has 2 unspecified atom stereocenters. The van der Waals surface area contributed by atoms with Crippen LogP contribution in [0.1, 0.15) is 108 Å². The second kappa shape index (κ2) is 35.2.